The molecule has 1 aliphatic rings. The average molecular weight is 199 g/mol. The lowest BCUT2D eigenvalue weighted by molar-refractivity contribution is 0.377. The van der Waals surface area contributed by atoms with Gasteiger partial charge in [-0.15, -0.1) is 0 Å². The Morgan fingerprint density at radius 3 is 2.50 bits per heavy atom. The van der Waals surface area contributed by atoms with E-state index in [1.165, 1.54) is 19.2 Å². The molecule has 1 aliphatic carbocycles. The summed E-state index contributed by atoms with van der Waals surface area (Å²) < 4.78 is 31.7. The molecule has 2 N–H and O–H groups in total. The van der Waals surface area contributed by atoms with Crippen LogP contribution in [0.4, 0.5) is 8.78 Å². The summed E-state index contributed by atoms with van der Waals surface area (Å²) in [6, 6.07) is 2.45. The van der Waals surface area contributed by atoms with Crippen LogP contribution in [0.2, 0.25) is 0 Å². The van der Waals surface area contributed by atoms with E-state index in [2.05, 4.69) is 0 Å². The van der Waals surface area contributed by atoms with Gasteiger partial charge in [-0.05, 0) is 25.0 Å². The van der Waals surface area contributed by atoms with Crippen LogP contribution in [0.3, 0.4) is 0 Å². The van der Waals surface area contributed by atoms with Crippen LogP contribution in [0.5, 0.6) is 5.75 Å². The molecule has 1 saturated carbocycles. The topological polar surface area (TPSA) is 35.2 Å². The van der Waals surface area contributed by atoms with Gasteiger partial charge in [0.15, 0.2) is 11.6 Å². The van der Waals surface area contributed by atoms with E-state index in [1.54, 1.807) is 0 Å². The van der Waals surface area contributed by atoms with Gasteiger partial charge >= 0.3 is 0 Å². The predicted octanol–water partition coefficient (Wildman–Crippen LogP) is 1.92. The Labute approximate surface area is 80.7 Å². The number of rotatable bonds is 2. The molecule has 2 rings (SSSR count). The Kier molecular flexibility index (Phi) is 1.96. The van der Waals surface area contributed by atoms with E-state index in [0.717, 1.165) is 0 Å². The molecule has 0 radical (unpaired) electrons. The minimum absolute atomic E-state index is 0.0399. The minimum Gasteiger partial charge on any atom is -0.494 e. The number of benzene rings is 1. The highest BCUT2D eigenvalue weighted by molar-refractivity contribution is 5.39. The van der Waals surface area contributed by atoms with Crippen LogP contribution < -0.4 is 10.5 Å². The quantitative estimate of drug-likeness (QED) is 0.789. The van der Waals surface area contributed by atoms with Gasteiger partial charge in [0.05, 0.1) is 7.11 Å². The number of methoxy groups -OCH3 is 1. The Balaban J connectivity index is 2.56. The van der Waals surface area contributed by atoms with E-state index in [9.17, 15) is 8.78 Å². The molecule has 0 aliphatic heterocycles. The van der Waals surface area contributed by atoms with E-state index in [4.69, 9.17) is 10.5 Å². The molecule has 0 heterocycles. The first kappa shape index (κ1) is 9.40. The van der Waals surface area contributed by atoms with Crippen molar-refractivity contribution >= 4 is 0 Å². The summed E-state index contributed by atoms with van der Waals surface area (Å²) in [6.07, 6.45) is 1.24. The zero-order chi connectivity index (χ0) is 10.3. The third-order valence-electron chi connectivity index (χ3n) is 2.56. The third-order valence-corrected chi connectivity index (χ3v) is 2.56. The molecule has 4 heteroatoms. The van der Waals surface area contributed by atoms with E-state index in [1.807, 2.05) is 0 Å². The molecule has 0 atom stereocenters. The fraction of sp³-hybridized carbons (Fsp3) is 0.400. The molecule has 0 bridgehead atoms. The van der Waals surface area contributed by atoms with Gasteiger partial charge in [0.2, 0.25) is 0 Å². The fourth-order valence-electron chi connectivity index (χ4n) is 1.53. The Hall–Kier alpha value is -1.16. The Bertz CT molecular complexity index is 375. The molecule has 0 unspecified atom stereocenters. The second-order valence-electron chi connectivity index (χ2n) is 3.59. The van der Waals surface area contributed by atoms with Crippen molar-refractivity contribution in [2.45, 2.75) is 18.4 Å². The lowest BCUT2D eigenvalue weighted by Gasteiger charge is -2.13. The zero-order valence-electron chi connectivity index (χ0n) is 7.81. The summed E-state index contributed by atoms with van der Waals surface area (Å²) in [6.45, 7) is 0. The lowest BCUT2D eigenvalue weighted by Crippen LogP contribution is -2.22. The summed E-state index contributed by atoms with van der Waals surface area (Å²) in [5.41, 5.74) is 4.90. The van der Waals surface area contributed by atoms with Crippen LogP contribution in [0.25, 0.3) is 0 Å². The minimum atomic E-state index is -0.817. The monoisotopic (exact) mass is 199 g/mol. The normalized spacial score (nSPS) is 18.0. The summed E-state index contributed by atoms with van der Waals surface area (Å²) in [5.74, 6) is -1.23. The van der Waals surface area contributed by atoms with Crippen LogP contribution >= 0.6 is 0 Å². The van der Waals surface area contributed by atoms with Crippen molar-refractivity contribution < 1.29 is 13.5 Å². The van der Waals surface area contributed by atoms with E-state index in [0.29, 0.717) is 12.8 Å². The van der Waals surface area contributed by atoms with Crippen LogP contribution in [0, 0.1) is 11.6 Å². The predicted molar refractivity (Wildman–Crippen MR) is 48.0 cm³/mol. The van der Waals surface area contributed by atoms with Crippen LogP contribution in [-0.2, 0) is 5.54 Å². The Morgan fingerprint density at radius 1 is 1.36 bits per heavy atom. The molecule has 2 nitrogen and oxygen atoms in total. The zero-order valence-corrected chi connectivity index (χ0v) is 7.81. The Morgan fingerprint density at radius 2 is 2.00 bits per heavy atom. The molecular weight excluding hydrogens is 188 g/mol. The first-order valence-corrected chi connectivity index (χ1v) is 4.40. The smallest absolute Gasteiger partial charge is 0.173 e. The van der Waals surface area contributed by atoms with Crippen molar-refractivity contribution in [2.24, 2.45) is 5.73 Å². The molecule has 76 valence electrons. The molecule has 14 heavy (non-hydrogen) atoms. The van der Waals surface area contributed by atoms with Gasteiger partial charge in [0, 0.05) is 11.1 Å². The average Bonchev–Trinajstić information content (AvgIpc) is 2.85. The maximum atomic E-state index is 13.6. The summed E-state index contributed by atoms with van der Waals surface area (Å²) in [4.78, 5) is 0. The second kappa shape index (κ2) is 2.92. The molecule has 1 fully saturated rings. The molecule has 1 aromatic carbocycles. The fourth-order valence-corrected chi connectivity index (χ4v) is 1.53. The van der Waals surface area contributed by atoms with Gasteiger partial charge in [0.1, 0.15) is 5.82 Å². The maximum Gasteiger partial charge on any atom is 0.173 e. The largest absolute Gasteiger partial charge is 0.494 e. The van der Waals surface area contributed by atoms with Gasteiger partial charge in [-0.1, -0.05) is 0 Å². The molecular formula is C10H11F2NO. The molecule has 0 saturated heterocycles. The number of hydrogen-bond acceptors (Lipinski definition) is 2. The number of halogens is 2. The molecule has 0 aromatic heterocycles. The third kappa shape index (κ3) is 1.26. The van der Waals surface area contributed by atoms with Gasteiger partial charge in [-0.25, -0.2) is 8.78 Å². The van der Waals surface area contributed by atoms with Crippen LogP contribution in [0.1, 0.15) is 18.4 Å². The van der Waals surface area contributed by atoms with Gasteiger partial charge in [0.25, 0.3) is 0 Å². The second-order valence-corrected chi connectivity index (χ2v) is 3.59. The van der Waals surface area contributed by atoms with E-state index >= 15 is 0 Å². The van der Waals surface area contributed by atoms with Crippen LogP contribution in [0.15, 0.2) is 12.1 Å². The van der Waals surface area contributed by atoms with Gasteiger partial charge in [-0.3, -0.25) is 0 Å². The number of nitrogens with two attached hydrogens (primary N) is 1. The maximum absolute atomic E-state index is 13.6. The SMILES string of the molecule is COc1ccc(F)c(C2(N)CC2)c1F. The first-order chi connectivity index (χ1) is 6.58. The summed E-state index contributed by atoms with van der Waals surface area (Å²) >= 11 is 0. The van der Waals surface area contributed by atoms with Crippen molar-refractivity contribution in [2.75, 3.05) is 7.11 Å². The molecule has 1 aromatic rings. The van der Waals surface area contributed by atoms with Crippen molar-refractivity contribution in [3.8, 4) is 5.75 Å². The highest BCUT2D eigenvalue weighted by atomic mass is 19.1. The van der Waals surface area contributed by atoms with Crippen LogP contribution in [-0.4, -0.2) is 7.11 Å². The highest BCUT2D eigenvalue weighted by Crippen LogP contribution is 2.46. The first-order valence-electron chi connectivity index (χ1n) is 4.40. The van der Waals surface area contributed by atoms with Gasteiger partial charge in [-0.2, -0.15) is 0 Å². The van der Waals surface area contributed by atoms with Crippen molar-refractivity contribution in [3.63, 3.8) is 0 Å². The summed E-state index contributed by atoms with van der Waals surface area (Å²) in [5, 5.41) is 0. The standard InChI is InChI=1S/C10H11F2NO/c1-14-7-3-2-6(11)8(9(7)12)10(13)4-5-10/h2-3H,4-5,13H2,1H3. The van der Waals surface area contributed by atoms with Crippen molar-refractivity contribution in [3.05, 3.63) is 29.3 Å². The van der Waals surface area contributed by atoms with Crippen molar-refractivity contribution in [1.29, 1.82) is 0 Å². The summed E-state index contributed by atoms with van der Waals surface area (Å²) in [7, 11) is 1.34. The van der Waals surface area contributed by atoms with Crippen molar-refractivity contribution in [1.82, 2.24) is 0 Å². The molecule has 0 spiro atoms. The van der Waals surface area contributed by atoms with E-state index in [-0.39, 0.29) is 11.3 Å². The lowest BCUT2D eigenvalue weighted by atomic mass is 10.0. The highest BCUT2D eigenvalue weighted by Gasteiger charge is 2.44. The molecule has 0 amide bonds. The van der Waals surface area contributed by atoms with Gasteiger partial charge < -0.3 is 10.5 Å². The number of hydrogen-bond donors (Lipinski definition) is 1. The van der Waals surface area contributed by atoms with E-state index < -0.39 is 17.2 Å². The number of ether oxygens (including phenoxy) is 1.